The molecule has 0 aliphatic heterocycles. The zero-order valence-corrected chi connectivity index (χ0v) is 10.8. The van der Waals surface area contributed by atoms with Crippen molar-refractivity contribution in [1.29, 1.82) is 0 Å². The van der Waals surface area contributed by atoms with Crippen LogP contribution in [0.2, 0.25) is 0 Å². The van der Waals surface area contributed by atoms with Gasteiger partial charge in [-0.2, -0.15) is 0 Å². The highest BCUT2D eigenvalue weighted by atomic mass is 32.1. The fraction of sp³-hybridized carbons (Fsp3) is 0.583. The third kappa shape index (κ3) is 2.55. The normalized spacial score (nSPS) is 14.4. The molecular formula is C12H20N2OS. The summed E-state index contributed by atoms with van der Waals surface area (Å²) in [6.07, 6.45) is 5.59. The van der Waals surface area contributed by atoms with Gasteiger partial charge in [0.25, 0.3) is 5.91 Å². The molecule has 0 aromatic carbocycles. The molecule has 90 valence electrons. The van der Waals surface area contributed by atoms with Crippen LogP contribution >= 0.6 is 11.3 Å². The lowest BCUT2D eigenvalue weighted by molar-refractivity contribution is 0.100. The summed E-state index contributed by atoms with van der Waals surface area (Å²) in [5, 5.41) is 0.601. The van der Waals surface area contributed by atoms with Crippen LogP contribution in [-0.4, -0.2) is 5.91 Å². The SMILES string of the molecule is CC.NC(=O)c1c(N)sc2c1CCCCC2. The van der Waals surface area contributed by atoms with Gasteiger partial charge >= 0.3 is 0 Å². The maximum absolute atomic E-state index is 11.2. The number of hydrogen-bond donors (Lipinski definition) is 2. The van der Waals surface area contributed by atoms with E-state index < -0.39 is 0 Å². The fourth-order valence-corrected chi connectivity index (χ4v) is 3.20. The summed E-state index contributed by atoms with van der Waals surface area (Å²) in [7, 11) is 0. The van der Waals surface area contributed by atoms with Crippen molar-refractivity contribution in [3.05, 3.63) is 16.0 Å². The van der Waals surface area contributed by atoms with Crippen molar-refractivity contribution in [2.24, 2.45) is 5.73 Å². The summed E-state index contributed by atoms with van der Waals surface area (Å²) < 4.78 is 0. The molecule has 1 amide bonds. The molecule has 1 aliphatic carbocycles. The number of rotatable bonds is 1. The zero-order chi connectivity index (χ0) is 12.1. The minimum Gasteiger partial charge on any atom is -0.390 e. The summed E-state index contributed by atoms with van der Waals surface area (Å²) in [5.41, 5.74) is 12.8. The minimum atomic E-state index is -0.373. The molecule has 0 radical (unpaired) electrons. The molecule has 1 aromatic heterocycles. The summed E-state index contributed by atoms with van der Waals surface area (Å²) in [6.45, 7) is 4.00. The van der Waals surface area contributed by atoms with E-state index in [1.54, 1.807) is 0 Å². The highest BCUT2D eigenvalue weighted by molar-refractivity contribution is 7.16. The summed E-state index contributed by atoms with van der Waals surface area (Å²) in [6, 6.07) is 0. The number of carbonyl (C=O) groups is 1. The molecule has 4 heteroatoms. The zero-order valence-electron chi connectivity index (χ0n) is 10.0. The van der Waals surface area contributed by atoms with Crippen LogP contribution < -0.4 is 11.5 Å². The van der Waals surface area contributed by atoms with E-state index in [-0.39, 0.29) is 5.91 Å². The Hall–Kier alpha value is -1.03. The Morgan fingerprint density at radius 2 is 1.81 bits per heavy atom. The molecule has 4 N–H and O–H groups in total. The number of nitrogens with two attached hydrogens (primary N) is 2. The third-order valence-corrected chi connectivity index (χ3v) is 3.82. The molecule has 0 saturated heterocycles. The molecule has 1 aromatic rings. The standard InChI is InChI=1S/C10H14N2OS.C2H6/c11-9(13)8-6-4-2-1-3-5-7(6)14-10(8)12;1-2/h1-5,12H2,(H2,11,13);1-2H3. The van der Waals surface area contributed by atoms with Gasteiger partial charge in [-0.25, -0.2) is 0 Å². The Bertz CT molecular complexity index is 371. The number of nitrogen functional groups attached to an aromatic ring is 1. The van der Waals surface area contributed by atoms with Crippen molar-refractivity contribution in [3.63, 3.8) is 0 Å². The molecule has 0 unspecified atom stereocenters. The van der Waals surface area contributed by atoms with E-state index in [0.717, 1.165) is 24.8 Å². The van der Waals surface area contributed by atoms with Crippen molar-refractivity contribution < 1.29 is 4.79 Å². The van der Waals surface area contributed by atoms with E-state index in [9.17, 15) is 4.79 Å². The Morgan fingerprint density at radius 3 is 2.44 bits per heavy atom. The highest BCUT2D eigenvalue weighted by Crippen LogP contribution is 2.35. The molecule has 0 saturated carbocycles. The number of fused-ring (bicyclic) bond motifs is 1. The van der Waals surface area contributed by atoms with Gasteiger partial charge in [-0.05, 0) is 31.2 Å². The molecular weight excluding hydrogens is 220 g/mol. The van der Waals surface area contributed by atoms with E-state index >= 15 is 0 Å². The monoisotopic (exact) mass is 240 g/mol. The average molecular weight is 240 g/mol. The number of anilines is 1. The van der Waals surface area contributed by atoms with Crippen LogP contribution in [0, 0.1) is 0 Å². The second-order valence-electron chi connectivity index (χ2n) is 3.67. The first kappa shape index (κ1) is 13.0. The second-order valence-corrected chi connectivity index (χ2v) is 4.80. The number of thiophene rings is 1. The van der Waals surface area contributed by atoms with Crippen molar-refractivity contribution >= 4 is 22.2 Å². The van der Waals surface area contributed by atoms with Crippen LogP contribution in [0.5, 0.6) is 0 Å². The maximum atomic E-state index is 11.2. The molecule has 0 bridgehead atoms. The number of amides is 1. The molecule has 2 rings (SSSR count). The Kier molecular flexibility index (Phi) is 4.80. The first-order valence-corrected chi connectivity index (χ1v) is 6.71. The topological polar surface area (TPSA) is 69.1 Å². The average Bonchev–Trinajstić information content (AvgIpc) is 2.44. The molecule has 1 heterocycles. The molecule has 16 heavy (non-hydrogen) atoms. The van der Waals surface area contributed by atoms with Gasteiger partial charge in [0, 0.05) is 4.88 Å². The predicted octanol–water partition coefficient (Wildman–Crippen LogP) is 2.72. The van der Waals surface area contributed by atoms with Gasteiger partial charge in [0.1, 0.15) is 0 Å². The summed E-state index contributed by atoms with van der Waals surface area (Å²) in [5.74, 6) is -0.373. The van der Waals surface area contributed by atoms with Gasteiger partial charge in [0.2, 0.25) is 0 Å². The van der Waals surface area contributed by atoms with E-state index in [1.807, 2.05) is 13.8 Å². The van der Waals surface area contributed by atoms with Crippen LogP contribution in [0.15, 0.2) is 0 Å². The molecule has 0 spiro atoms. The van der Waals surface area contributed by atoms with Gasteiger partial charge < -0.3 is 11.5 Å². The van der Waals surface area contributed by atoms with Crippen molar-refractivity contribution in [2.75, 3.05) is 5.73 Å². The predicted molar refractivity (Wildman–Crippen MR) is 69.9 cm³/mol. The van der Waals surface area contributed by atoms with E-state index in [4.69, 9.17) is 11.5 Å². The van der Waals surface area contributed by atoms with Crippen LogP contribution in [0.3, 0.4) is 0 Å². The van der Waals surface area contributed by atoms with Gasteiger partial charge in [0.05, 0.1) is 10.6 Å². The van der Waals surface area contributed by atoms with Gasteiger partial charge in [-0.15, -0.1) is 11.3 Å². The van der Waals surface area contributed by atoms with E-state index in [0.29, 0.717) is 10.6 Å². The number of hydrogen-bond acceptors (Lipinski definition) is 3. The number of carbonyl (C=O) groups excluding carboxylic acids is 1. The smallest absolute Gasteiger partial charge is 0.251 e. The Balaban J connectivity index is 0.000000606. The van der Waals surface area contributed by atoms with Crippen molar-refractivity contribution in [1.82, 2.24) is 0 Å². The second kappa shape index (κ2) is 5.89. The Morgan fingerprint density at radius 1 is 1.19 bits per heavy atom. The van der Waals surface area contributed by atoms with E-state index in [1.165, 1.54) is 29.1 Å². The maximum Gasteiger partial charge on any atom is 0.251 e. The molecule has 0 atom stereocenters. The molecule has 0 fully saturated rings. The number of aryl methyl sites for hydroxylation is 1. The fourth-order valence-electron chi connectivity index (χ4n) is 2.03. The molecule has 1 aliphatic rings. The highest BCUT2D eigenvalue weighted by Gasteiger charge is 2.21. The lowest BCUT2D eigenvalue weighted by Crippen LogP contribution is -2.14. The van der Waals surface area contributed by atoms with Crippen molar-refractivity contribution in [3.8, 4) is 0 Å². The summed E-state index contributed by atoms with van der Waals surface area (Å²) >= 11 is 1.54. The minimum absolute atomic E-state index is 0.373. The van der Waals surface area contributed by atoms with E-state index in [2.05, 4.69) is 0 Å². The van der Waals surface area contributed by atoms with Crippen LogP contribution in [0.1, 0.15) is 53.9 Å². The summed E-state index contributed by atoms with van der Waals surface area (Å²) in [4.78, 5) is 12.5. The van der Waals surface area contributed by atoms with Crippen LogP contribution in [0.25, 0.3) is 0 Å². The largest absolute Gasteiger partial charge is 0.390 e. The van der Waals surface area contributed by atoms with Crippen LogP contribution in [0.4, 0.5) is 5.00 Å². The third-order valence-electron chi connectivity index (χ3n) is 2.69. The Labute approximate surface area is 101 Å². The van der Waals surface area contributed by atoms with Gasteiger partial charge in [-0.3, -0.25) is 4.79 Å². The molecule has 3 nitrogen and oxygen atoms in total. The van der Waals surface area contributed by atoms with Crippen molar-refractivity contribution in [2.45, 2.75) is 46.0 Å². The van der Waals surface area contributed by atoms with Crippen LogP contribution in [-0.2, 0) is 12.8 Å². The van der Waals surface area contributed by atoms with Gasteiger partial charge in [-0.1, -0.05) is 20.3 Å². The first-order chi connectivity index (χ1) is 7.70. The quantitative estimate of drug-likeness (QED) is 0.741. The number of primary amides is 1. The lowest BCUT2D eigenvalue weighted by Gasteiger charge is -2.00. The van der Waals surface area contributed by atoms with Gasteiger partial charge in [0.15, 0.2) is 0 Å². The first-order valence-electron chi connectivity index (χ1n) is 5.90. The lowest BCUT2D eigenvalue weighted by atomic mass is 10.1.